The van der Waals surface area contributed by atoms with Crippen molar-refractivity contribution < 1.29 is 4.79 Å². The number of rotatable bonds is 4. The van der Waals surface area contributed by atoms with E-state index in [0.29, 0.717) is 5.41 Å². The van der Waals surface area contributed by atoms with E-state index in [1.54, 1.807) is 6.92 Å². The molecule has 0 aromatic carbocycles. The first-order valence-corrected chi connectivity index (χ1v) is 6.29. The monoisotopic (exact) mass is 168 g/mol. The van der Waals surface area contributed by atoms with Crippen molar-refractivity contribution in [1.29, 1.82) is 0 Å². The molecule has 0 N–H and O–H groups in total. The maximum Gasteiger partial charge on any atom is 0.104 e. The highest BCUT2D eigenvalue weighted by Gasteiger charge is 2.41. The molecule has 0 atom stereocenters. The average molecular weight is 168 g/mol. The summed E-state index contributed by atoms with van der Waals surface area (Å²) in [7, 11) is -0.349. The standard InChI is InChI=1S/C9H16OSi/c1-6(10)11-9(7-2-3-7)8-4-5-8/h7-9H,2-5,11H2,1H3. The highest BCUT2D eigenvalue weighted by atomic mass is 28.2. The van der Waals surface area contributed by atoms with Crippen molar-refractivity contribution in [3.63, 3.8) is 0 Å². The average Bonchev–Trinajstić information content (AvgIpc) is 2.79. The van der Waals surface area contributed by atoms with Gasteiger partial charge in [-0.15, -0.1) is 0 Å². The Labute approximate surface area is 70.4 Å². The fourth-order valence-electron chi connectivity index (χ4n) is 2.10. The van der Waals surface area contributed by atoms with Crippen LogP contribution in [0.25, 0.3) is 0 Å². The van der Waals surface area contributed by atoms with Gasteiger partial charge in [0.2, 0.25) is 0 Å². The molecule has 62 valence electrons. The molecule has 0 saturated heterocycles. The lowest BCUT2D eigenvalue weighted by atomic mass is 10.2. The molecule has 0 spiro atoms. The van der Waals surface area contributed by atoms with Gasteiger partial charge < -0.3 is 4.79 Å². The predicted octanol–water partition coefficient (Wildman–Crippen LogP) is 1.31. The molecule has 1 nitrogen and oxygen atoms in total. The van der Waals surface area contributed by atoms with Gasteiger partial charge in [-0.3, -0.25) is 0 Å². The maximum atomic E-state index is 11.0. The molecule has 11 heavy (non-hydrogen) atoms. The molecular formula is C9H16OSi. The highest BCUT2D eigenvalue weighted by molar-refractivity contribution is 6.74. The van der Waals surface area contributed by atoms with Crippen LogP contribution in [0.1, 0.15) is 32.6 Å². The second-order valence-electron chi connectivity index (χ2n) is 4.24. The molecule has 0 radical (unpaired) electrons. The molecule has 0 unspecified atom stereocenters. The molecule has 2 saturated carbocycles. The van der Waals surface area contributed by atoms with E-state index in [-0.39, 0.29) is 9.52 Å². The van der Waals surface area contributed by atoms with Gasteiger partial charge in [0.05, 0.1) is 0 Å². The SMILES string of the molecule is CC(=O)[SiH2]C(C1CC1)C1CC1. The first-order chi connectivity index (χ1) is 5.27. The van der Waals surface area contributed by atoms with E-state index in [0.717, 1.165) is 17.4 Å². The molecule has 0 amide bonds. The van der Waals surface area contributed by atoms with Crippen LogP contribution in [0.15, 0.2) is 0 Å². The third-order valence-corrected chi connectivity index (χ3v) is 5.36. The van der Waals surface area contributed by atoms with Crippen LogP contribution < -0.4 is 0 Å². The van der Waals surface area contributed by atoms with E-state index in [9.17, 15) is 4.79 Å². The molecule has 2 rings (SSSR count). The lowest BCUT2D eigenvalue weighted by molar-refractivity contribution is -0.110. The van der Waals surface area contributed by atoms with Crippen LogP contribution in [-0.2, 0) is 4.79 Å². The Hall–Kier alpha value is -0.113. The third-order valence-electron chi connectivity index (χ3n) is 2.98. The molecule has 2 fully saturated rings. The zero-order chi connectivity index (χ0) is 7.84. The Morgan fingerprint density at radius 1 is 1.27 bits per heavy atom. The molecule has 0 aromatic rings. The van der Waals surface area contributed by atoms with Gasteiger partial charge in [0.15, 0.2) is 0 Å². The fraction of sp³-hybridized carbons (Fsp3) is 0.889. The van der Waals surface area contributed by atoms with E-state index in [4.69, 9.17) is 0 Å². The van der Waals surface area contributed by atoms with Crippen LogP contribution in [0.2, 0.25) is 5.54 Å². The minimum absolute atomic E-state index is 0.349. The zero-order valence-electron chi connectivity index (χ0n) is 7.18. The summed E-state index contributed by atoms with van der Waals surface area (Å²) in [6.07, 6.45) is 5.73. The minimum atomic E-state index is -0.349. The number of carbonyl (C=O) groups excluding carboxylic acids is 1. The summed E-state index contributed by atoms with van der Waals surface area (Å²) >= 11 is 0. The van der Waals surface area contributed by atoms with Crippen molar-refractivity contribution in [2.24, 2.45) is 11.8 Å². The lowest BCUT2D eigenvalue weighted by Crippen LogP contribution is -2.15. The molecule has 0 heterocycles. The Morgan fingerprint density at radius 2 is 1.73 bits per heavy atom. The van der Waals surface area contributed by atoms with Crippen molar-refractivity contribution in [3.05, 3.63) is 0 Å². The molecule has 0 aromatic heterocycles. The number of carbonyl (C=O) groups is 1. The Bertz CT molecular complexity index is 158. The summed E-state index contributed by atoms with van der Waals surface area (Å²) in [5, 5.41) is 0.536. The highest BCUT2D eigenvalue weighted by Crippen LogP contribution is 2.52. The van der Waals surface area contributed by atoms with Gasteiger partial charge in [0, 0.05) is 0 Å². The van der Waals surface area contributed by atoms with E-state index in [1.165, 1.54) is 25.7 Å². The second kappa shape index (κ2) is 2.74. The molecular weight excluding hydrogens is 152 g/mol. The number of hydrogen-bond acceptors (Lipinski definition) is 1. The van der Waals surface area contributed by atoms with Crippen LogP contribution in [0.5, 0.6) is 0 Å². The van der Waals surface area contributed by atoms with Gasteiger partial charge in [0.1, 0.15) is 14.9 Å². The molecule has 2 heteroatoms. The Balaban J connectivity index is 1.86. The van der Waals surface area contributed by atoms with Crippen molar-refractivity contribution in [2.45, 2.75) is 38.1 Å². The predicted molar refractivity (Wildman–Crippen MR) is 48.4 cm³/mol. The van der Waals surface area contributed by atoms with E-state index < -0.39 is 0 Å². The molecule has 0 bridgehead atoms. The quantitative estimate of drug-likeness (QED) is 0.578. The summed E-state index contributed by atoms with van der Waals surface area (Å²) in [6.45, 7) is 1.80. The van der Waals surface area contributed by atoms with Crippen LogP contribution in [0.4, 0.5) is 0 Å². The first kappa shape index (κ1) is 7.53. The molecule has 2 aliphatic rings. The van der Waals surface area contributed by atoms with E-state index >= 15 is 0 Å². The van der Waals surface area contributed by atoms with Crippen LogP contribution >= 0.6 is 0 Å². The van der Waals surface area contributed by atoms with Crippen molar-refractivity contribution in [2.75, 3.05) is 0 Å². The Kier molecular flexibility index (Phi) is 1.87. The molecule has 0 aliphatic heterocycles. The zero-order valence-corrected chi connectivity index (χ0v) is 8.59. The smallest absolute Gasteiger partial charge is 0.104 e. The summed E-state index contributed by atoms with van der Waals surface area (Å²) < 4.78 is 0. The normalized spacial score (nSPS) is 25.3. The largest absolute Gasteiger partial charge is 0.306 e. The maximum absolute atomic E-state index is 11.0. The van der Waals surface area contributed by atoms with Gasteiger partial charge in [-0.2, -0.15) is 0 Å². The topological polar surface area (TPSA) is 17.1 Å². The Morgan fingerprint density at radius 3 is 2.00 bits per heavy atom. The lowest BCUT2D eigenvalue weighted by Gasteiger charge is -2.11. The van der Waals surface area contributed by atoms with Crippen LogP contribution in [-0.4, -0.2) is 14.9 Å². The van der Waals surface area contributed by atoms with Crippen molar-refractivity contribution in [3.8, 4) is 0 Å². The first-order valence-electron chi connectivity index (χ1n) is 4.77. The van der Waals surface area contributed by atoms with E-state index in [1.807, 2.05) is 0 Å². The molecule has 2 aliphatic carbocycles. The van der Waals surface area contributed by atoms with Crippen LogP contribution in [0, 0.1) is 11.8 Å². The van der Waals surface area contributed by atoms with E-state index in [2.05, 4.69) is 0 Å². The summed E-state index contributed by atoms with van der Waals surface area (Å²) in [5.74, 6) is 2.00. The van der Waals surface area contributed by atoms with Gasteiger partial charge >= 0.3 is 0 Å². The second-order valence-corrected chi connectivity index (χ2v) is 6.59. The van der Waals surface area contributed by atoms with Gasteiger partial charge in [0.25, 0.3) is 0 Å². The van der Waals surface area contributed by atoms with Gasteiger partial charge in [-0.1, -0.05) is 25.7 Å². The third kappa shape index (κ3) is 1.92. The van der Waals surface area contributed by atoms with Gasteiger partial charge in [-0.25, -0.2) is 0 Å². The van der Waals surface area contributed by atoms with Gasteiger partial charge in [-0.05, 0) is 24.3 Å². The summed E-state index contributed by atoms with van der Waals surface area (Å²) in [5.41, 5.74) is 0.924. The summed E-state index contributed by atoms with van der Waals surface area (Å²) in [4.78, 5) is 11.0. The summed E-state index contributed by atoms with van der Waals surface area (Å²) in [6, 6.07) is 0. The van der Waals surface area contributed by atoms with Crippen LogP contribution in [0.3, 0.4) is 0 Å². The fourth-order valence-corrected chi connectivity index (χ4v) is 4.37. The van der Waals surface area contributed by atoms with Crippen molar-refractivity contribution >= 4 is 14.9 Å². The number of hydrogen-bond donors (Lipinski definition) is 0. The minimum Gasteiger partial charge on any atom is -0.306 e. The van der Waals surface area contributed by atoms with Crippen molar-refractivity contribution in [1.82, 2.24) is 0 Å².